The van der Waals surface area contributed by atoms with Crippen molar-refractivity contribution >= 4 is 17.6 Å². The zero-order valence-electron chi connectivity index (χ0n) is 8.69. The Kier molecular flexibility index (Phi) is 3.40. The van der Waals surface area contributed by atoms with Gasteiger partial charge in [-0.05, 0) is 42.5 Å². The Morgan fingerprint density at radius 1 is 1.12 bits per heavy atom. The van der Waals surface area contributed by atoms with Crippen molar-refractivity contribution in [1.82, 2.24) is 0 Å². The molecule has 17 heavy (non-hydrogen) atoms. The van der Waals surface area contributed by atoms with Gasteiger partial charge in [0.05, 0.1) is 5.56 Å². The lowest BCUT2D eigenvalue weighted by atomic mass is 10.2. The molecule has 2 nitrogen and oxygen atoms in total. The van der Waals surface area contributed by atoms with Crippen LogP contribution >= 0.6 is 11.6 Å². The number of ether oxygens (including phenoxy) is 1. The summed E-state index contributed by atoms with van der Waals surface area (Å²) in [5.41, 5.74) is 0.284. The van der Waals surface area contributed by atoms with Crippen molar-refractivity contribution in [1.29, 1.82) is 0 Å². The van der Waals surface area contributed by atoms with Gasteiger partial charge >= 0.3 is 5.97 Å². The molecule has 0 aliphatic heterocycles. The highest BCUT2D eigenvalue weighted by molar-refractivity contribution is 6.30. The van der Waals surface area contributed by atoms with Crippen molar-refractivity contribution in [3.8, 4) is 5.75 Å². The number of rotatable bonds is 2. The third-order valence-electron chi connectivity index (χ3n) is 2.09. The Balaban J connectivity index is 2.14. The summed E-state index contributed by atoms with van der Waals surface area (Å²) < 4.78 is 17.7. The Labute approximate surface area is 103 Å². The van der Waals surface area contributed by atoms with Gasteiger partial charge in [0, 0.05) is 5.02 Å². The van der Waals surface area contributed by atoms with Gasteiger partial charge in [-0.25, -0.2) is 9.18 Å². The smallest absolute Gasteiger partial charge is 0.343 e. The molecule has 0 aliphatic carbocycles. The maximum atomic E-state index is 12.7. The van der Waals surface area contributed by atoms with Gasteiger partial charge in [-0.2, -0.15) is 0 Å². The topological polar surface area (TPSA) is 26.3 Å². The summed E-state index contributed by atoms with van der Waals surface area (Å²) in [6.07, 6.45) is 0. The molecule has 2 aromatic carbocycles. The molecule has 4 heteroatoms. The molecule has 0 saturated heterocycles. The lowest BCUT2D eigenvalue weighted by Gasteiger charge is -2.04. The van der Waals surface area contributed by atoms with Crippen LogP contribution in [0.4, 0.5) is 4.39 Å². The third-order valence-corrected chi connectivity index (χ3v) is 2.32. The number of benzene rings is 2. The van der Waals surface area contributed by atoms with Gasteiger partial charge in [0.25, 0.3) is 0 Å². The first-order chi connectivity index (χ1) is 8.15. The van der Waals surface area contributed by atoms with Crippen LogP contribution in [0.2, 0.25) is 5.02 Å². The highest BCUT2D eigenvalue weighted by Gasteiger charge is 2.08. The molecular formula is C13H8ClFO2. The van der Waals surface area contributed by atoms with Gasteiger partial charge in [-0.3, -0.25) is 0 Å². The van der Waals surface area contributed by atoms with Crippen LogP contribution in [0.5, 0.6) is 5.75 Å². The Bertz CT molecular complexity index is 537. The fourth-order valence-electron chi connectivity index (χ4n) is 1.28. The molecule has 0 fully saturated rings. The number of carbonyl (C=O) groups is 1. The Morgan fingerprint density at radius 2 is 1.82 bits per heavy atom. The lowest BCUT2D eigenvalue weighted by Crippen LogP contribution is -2.08. The molecule has 0 radical (unpaired) electrons. The minimum Gasteiger partial charge on any atom is -0.423 e. The normalized spacial score (nSPS) is 10.0. The standard InChI is InChI=1S/C13H8ClFO2/c14-10-2-1-3-12(8-10)17-13(16)9-4-6-11(15)7-5-9/h1-8H. The first-order valence-corrected chi connectivity index (χ1v) is 5.26. The second-order valence-corrected chi connectivity index (χ2v) is 3.79. The van der Waals surface area contributed by atoms with E-state index in [2.05, 4.69) is 0 Å². The van der Waals surface area contributed by atoms with Crippen LogP contribution < -0.4 is 4.74 Å². The SMILES string of the molecule is O=C(Oc1cccc(Cl)c1)c1ccc(F)cc1. The highest BCUT2D eigenvalue weighted by Crippen LogP contribution is 2.18. The molecule has 0 heterocycles. The molecule has 2 aromatic rings. The molecule has 0 spiro atoms. The van der Waals surface area contributed by atoms with E-state index in [1.165, 1.54) is 30.3 Å². The van der Waals surface area contributed by atoms with Crippen LogP contribution in [0.25, 0.3) is 0 Å². The molecule has 2 rings (SSSR count). The predicted molar refractivity (Wildman–Crippen MR) is 62.8 cm³/mol. The molecule has 0 N–H and O–H groups in total. The van der Waals surface area contributed by atoms with Gasteiger partial charge in [0.1, 0.15) is 11.6 Å². The monoisotopic (exact) mass is 250 g/mol. The quantitative estimate of drug-likeness (QED) is 0.600. The van der Waals surface area contributed by atoms with Gasteiger partial charge < -0.3 is 4.74 Å². The number of hydrogen-bond donors (Lipinski definition) is 0. The second-order valence-electron chi connectivity index (χ2n) is 3.35. The van der Waals surface area contributed by atoms with E-state index in [1.54, 1.807) is 18.2 Å². The molecule has 86 valence electrons. The van der Waals surface area contributed by atoms with E-state index in [0.29, 0.717) is 10.8 Å². The summed E-state index contributed by atoms with van der Waals surface area (Å²) in [5, 5.41) is 0.481. The lowest BCUT2D eigenvalue weighted by molar-refractivity contribution is 0.0735. The van der Waals surface area contributed by atoms with E-state index in [0.717, 1.165) is 0 Å². The molecule has 0 aliphatic rings. The van der Waals surface area contributed by atoms with Crippen molar-refractivity contribution in [3.05, 3.63) is 64.9 Å². The summed E-state index contributed by atoms with van der Waals surface area (Å²) in [5.74, 6) is -0.594. The van der Waals surface area contributed by atoms with Crippen molar-refractivity contribution in [3.63, 3.8) is 0 Å². The van der Waals surface area contributed by atoms with E-state index in [4.69, 9.17) is 16.3 Å². The van der Waals surface area contributed by atoms with Crippen molar-refractivity contribution in [2.75, 3.05) is 0 Å². The van der Waals surface area contributed by atoms with E-state index in [9.17, 15) is 9.18 Å². The zero-order chi connectivity index (χ0) is 12.3. The van der Waals surface area contributed by atoms with E-state index >= 15 is 0 Å². The van der Waals surface area contributed by atoms with Gasteiger partial charge in [-0.1, -0.05) is 17.7 Å². The maximum Gasteiger partial charge on any atom is 0.343 e. The number of esters is 1. The Morgan fingerprint density at radius 3 is 2.47 bits per heavy atom. The van der Waals surface area contributed by atoms with Crippen LogP contribution in [-0.2, 0) is 0 Å². The fraction of sp³-hybridized carbons (Fsp3) is 0. The second kappa shape index (κ2) is 4.97. The van der Waals surface area contributed by atoms with Crippen LogP contribution in [0.15, 0.2) is 48.5 Å². The van der Waals surface area contributed by atoms with Crippen LogP contribution in [0, 0.1) is 5.82 Å². The largest absolute Gasteiger partial charge is 0.423 e. The van der Waals surface area contributed by atoms with Gasteiger partial charge in [0.15, 0.2) is 0 Å². The third kappa shape index (κ3) is 3.04. The molecule has 0 atom stereocenters. The minimum absolute atomic E-state index is 0.284. The predicted octanol–water partition coefficient (Wildman–Crippen LogP) is 3.70. The molecular weight excluding hydrogens is 243 g/mol. The van der Waals surface area contributed by atoms with Crippen LogP contribution in [-0.4, -0.2) is 5.97 Å². The summed E-state index contributed by atoms with van der Waals surface area (Å²) in [4.78, 5) is 11.6. The molecule has 0 aromatic heterocycles. The van der Waals surface area contributed by atoms with E-state index < -0.39 is 11.8 Å². The highest BCUT2D eigenvalue weighted by atomic mass is 35.5. The van der Waals surface area contributed by atoms with E-state index in [-0.39, 0.29) is 5.56 Å². The summed E-state index contributed by atoms with van der Waals surface area (Å²) in [7, 11) is 0. The van der Waals surface area contributed by atoms with Crippen LogP contribution in [0.3, 0.4) is 0 Å². The fourth-order valence-corrected chi connectivity index (χ4v) is 1.46. The average Bonchev–Trinajstić information content (AvgIpc) is 2.29. The first kappa shape index (κ1) is 11.6. The Hall–Kier alpha value is -1.87. The molecule has 0 unspecified atom stereocenters. The van der Waals surface area contributed by atoms with E-state index in [1.807, 2.05) is 0 Å². The molecule has 0 bridgehead atoms. The number of hydrogen-bond acceptors (Lipinski definition) is 2. The van der Waals surface area contributed by atoms with Crippen molar-refractivity contribution in [2.45, 2.75) is 0 Å². The van der Waals surface area contributed by atoms with Crippen LogP contribution in [0.1, 0.15) is 10.4 Å². The minimum atomic E-state index is -0.549. The van der Waals surface area contributed by atoms with Gasteiger partial charge in [-0.15, -0.1) is 0 Å². The first-order valence-electron chi connectivity index (χ1n) is 4.88. The maximum absolute atomic E-state index is 12.7. The number of halogens is 2. The zero-order valence-corrected chi connectivity index (χ0v) is 9.45. The molecule has 0 amide bonds. The summed E-state index contributed by atoms with van der Waals surface area (Å²) in [6.45, 7) is 0. The van der Waals surface area contributed by atoms with Gasteiger partial charge in [0.2, 0.25) is 0 Å². The van der Waals surface area contributed by atoms with Crippen molar-refractivity contribution in [2.24, 2.45) is 0 Å². The molecule has 0 saturated carbocycles. The number of carbonyl (C=O) groups excluding carboxylic acids is 1. The average molecular weight is 251 g/mol. The van der Waals surface area contributed by atoms with Crippen molar-refractivity contribution < 1.29 is 13.9 Å². The summed E-state index contributed by atoms with van der Waals surface area (Å²) in [6, 6.07) is 11.6. The summed E-state index contributed by atoms with van der Waals surface area (Å²) >= 11 is 5.75.